The molecule has 2 aromatic heterocycles. The van der Waals surface area contributed by atoms with Crippen LogP contribution in [0.4, 0.5) is 0 Å². The van der Waals surface area contributed by atoms with Crippen molar-refractivity contribution in [2.75, 3.05) is 0 Å². The van der Waals surface area contributed by atoms with Crippen molar-refractivity contribution in [1.82, 2.24) is 19.9 Å². The third-order valence-corrected chi connectivity index (χ3v) is 7.84. The van der Waals surface area contributed by atoms with Gasteiger partial charge in [0.15, 0.2) is 17.5 Å². The van der Waals surface area contributed by atoms with E-state index in [1.165, 1.54) is 5.39 Å². The molecule has 0 radical (unpaired) electrons. The second-order valence-corrected chi connectivity index (χ2v) is 10.7. The Morgan fingerprint density at radius 2 is 0.909 bits per heavy atom. The average molecular weight is 566 g/mol. The Morgan fingerprint density at radius 1 is 0.432 bits per heavy atom. The molecule has 0 saturated carbocycles. The minimum absolute atomic E-state index is 0.604. The third-order valence-electron chi connectivity index (χ3n) is 7.84. The molecule has 0 fully saturated rings. The van der Waals surface area contributed by atoms with Gasteiger partial charge < -0.3 is 0 Å². The number of aryl methyl sites for hydroxylation is 2. The fourth-order valence-electron chi connectivity index (χ4n) is 5.59. The number of rotatable bonds is 5. The number of benzene rings is 5. The van der Waals surface area contributed by atoms with Gasteiger partial charge in [0.25, 0.3) is 0 Å². The van der Waals surface area contributed by atoms with Crippen LogP contribution in [0.1, 0.15) is 17.0 Å². The van der Waals surface area contributed by atoms with Gasteiger partial charge in [-0.05, 0) is 71.1 Å². The Bertz CT molecular complexity index is 2180. The highest BCUT2D eigenvalue weighted by Crippen LogP contribution is 2.36. The largest absolute Gasteiger partial charge is 0.258 e. The number of fused-ring (bicyclic) bond motifs is 1. The van der Waals surface area contributed by atoms with Crippen molar-refractivity contribution in [2.45, 2.75) is 13.8 Å². The molecule has 0 atom stereocenters. The van der Waals surface area contributed by atoms with Crippen molar-refractivity contribution < 1.29 is 0 Å². The molecule has 44 heavy (non-hydrogen) atoms. The first-order valence-electron chi connectivity index (χ1n) is 14.5. The van der Waals surface area contributed by atoms with E-state index in [0.29, 0.717) is 23.0 Å². The zero-order chi connectivity index (χ0) is 30.0. The summed E-state index contributed by atoms with van der Waals surface area (Å²) in [6, 6.07) is 45.1. The average Bonchev–Trinajstić information content (AvgIpc) is 3.08. The van der Waals surface area contributed by atoms with Crippen LogP contribution in [0.25, 0.3) is 67.2 Å². The Morgan fingerprint density at radius 3 is 1.48 bits per heavy atom. The van der Waals surface area contributed by atoms with Gasteiger partial charge in [0, 0.05) is 28.1 Å². The fourth-order valence-corrected chi connectivity index (χ4v) is 5.59. The molecule has 2 heterocycles. The SMILES string of the molecule is Cc1ccc(-c2nc(-c3ccccc3)nc(-c3ccc(-c4ccc(-c5ccc(C#N)cc5)c5ccccc45)cc3)n2)c(C)n1. The molecular weight excluding hydrogens is 538 g/mol. The Hall–Kier alpha value is -5.99. The van der Waals surface area contributed by atoms with Crippen molar-refractivity contribution in [3.63, 3.8) is 0 Å². The predicted molar refractivity (Wildman–Crippen MR) is 176 cm³/mol. The van der Waals surface area contributed by atoms with E-state index < -0.39 is 0 Å². The molecule has 0 spiro atoms. The first-order valence-corrected chi connectivity index (χ1v) is 14.5. The topological polar surface area (TPSA) is 75.3 Å². The molecule has 7 rings (SSSR count). The molecule has 0 amide bonds. The number of pyridine rings is 1. The highest BCUT2D eigenvalue weighted by molar-refractivity contribution is 6.05. The van der Waals surface area contributed by atoms with Gasteiger partial charge in [-0.2, -0.15) is 5.26 Å². The second kappa shape index (κ2) is 11.4. The number of hydrogen-bond donors (Lipinski definition) is 0. The van der Waals surface area contributed by atoms with E-state index >= 15 is 0 Å². The molecule has 0 unspecified atom stereocenters. The van der Waals surface area contributed by atoms with Crippen LogP contribution in [0.15, 0.2) is 127 Å². The normalized spacial score (nSPS) is 10.9. The highest BCUT2D eigenvalue weighted by atomic mass is 15.0. The minimum atomic E-state index is 0.604. The zero-order valence-corrected chi connectivity index (χ0v) is 24.4. The molecule has 0 aliphatic rings. The summed E-state index contributed by atoms with van der Waals surface area (Å²) in [5, 5.41) is 11.5. The number of aromatic nitrogens is 4. The Balaban J connectivity index is 1.30. The van der Waals surface area contributed by atoms with Crippen LogP contribution in [-0.2, 0) is 0 Å². The van der Waals surface area contributed by atoms with Crippen LogP contribution in [0.2, 0.25) is 0 Å². The quantitative estimate of drug-likeness (QED) is 0.208. The molecular formula is C39H27N5. The van der Waals surface area contributed by atoms with Gasteiger partial charge in [-0.1, -0.05) is 103 Å². The summed E-state index contributed by atoms with van der Waals surface area (Å²) in [4.78, 5) is 19.3. The van der Waals surface area contributed by atoms with Gasteiger partial charge in [-0.3, -0.25) is 4.98 Å². The van der Waals surface area contributed by atoms with Crippen molar-refractivity contribution in [2.24, 2.45) is 0 Å². The predicted octanol–water partition coefficient (Wildman–Crippen LogP) is 9.24. The molecule has 5 aromatic carbocycles. The van der Waals surface area contributed by atoms with E-state index in [0.717, 1.165) is 55.7 Å². The molecule has 5 nitrogen and oxygen atoms in total. The molecule has 7 aromatic rings. The van der Waals surface area contributed by atoms with Crippen LogP contribution >= 0.6 is 0 Å². The minimum Gasteiger partial charge on any atom is -0.258 e. The number of nitrogens with zero attached hydrogens (tertiary/aromatic N) is 5. The molecule has 0 aliphatic heterocycles. The standard InChI is InChI=1S/C39H27N5/c1-25-12-21-32(26(2)41-25)39-43-37(30-8-4-3-5-9-30)42-38(44-39)31-19-17-29(18-20-31)34-23-22-33(35-10-6-7-11-36(34)35)28-15-13-27(24-40)14-16-28/h3-23H,1-2H3. The van der Waals surface area contributed by atoms with Crippen molar-refractivity contribution in [3.8, 4) is 62.5 Å². The van der Waals surface area contributed by atoms with Gasteiger partial charge in [-0.15, -0.1) is 0 Å². The summed E-state index contributed by atoms with van der Waals surface area (Å²) in [7, 11) is 0. The van der Waals surface area contributed by atoms with Crippen molar-refractivity contribution >= 4 is 10.8 Å². The molecule has 208 valence electrons. The van der Waals surface area contributed by atoms with Gasteiger partial charge in [0.2, 0.25) is 0 Å². The maximum absolute atomic E-state index is 9.21. The summed E-state index contributed by atoms with van der Waals surface area (Å²) >= 11 is 0. The maximum atomic E-state index is 9.21. The lowest BCUT2D eigenvalue weighted by atomic mass is 9.91. The summed E-state index contributed by atoms with van der Waals surface area (Å²) in [5.74, 6) is 1.84. The first-order chi connectivity index (χ1) is 21.6. The summed E-state index contributed by atoms with van der Waals surface area (Å²) in [6.07, 6.45) is 0. The van der Waals surface area contributed by atoms with E-state index in [-0.39, 0.29) is 0 Å². The summed E-state index contributed by atoms with van der Waals surface area (Å²) in [5.41, 5.74) is 9.69. The molecule has 5 heteroatoms. The van der Waals surface area contributed by atoms with E-state index in [4.69, 9.17) is 15.0 Å². The van der Waals surface area contributed by atoms with Crippen LogP contribution in [0, 0.1) is 25.2 Å². The highest BCUT2D eigenvalue weighted by Gasteiger charge is 2.15. The van der Waals surface area contributed by atoms with Crippen molar-refractivity contribution in [1.29, 1.82) is 5.26 Å². The van der Waals surface area contributed by atoms with Crippen molar-refractivity contribution in [3.05, 3.63) is 144 Å². The van der Waals surface area contributed by atoms with Gasteiger partial charge >= 0.3 is 0 Å². The lowest BCUT2D eigenvalue weighted by molar-refractivity contribution is 1.05. The second-order valence-electron chi connectivity index (χ2n) is 10.7. The molecule has 0 saturated heterocycles. The van der Waals surface area contributed by atoms with Crippen LogP contribution in [0.3, 0.4) is 0 Å². The summed E-state index contributed by atoms with van der Waals surface area (Å²) in [6.45, 7) is 3.97. The summed E-state index contributed by atoms with van der Waals surface area (Å²) < 4.78 is 0. The zero-order valence-electron chi connectivity index (χ0n) is 24.4. The lowest BCUT2D eigenvalue weighted by Crippen LogP contribution is -2.02. The first kappa shape index (κ1) is 26.9. The van der Waals surface area contributed by atoms with E-state index in [2.05, 4.69) is 71.7 Å². The Kier molecular flexibility index (Phi) is 6.94. The third kappa shape index (κ3) is 5.10. The smallest absolute Gasteiger partial charge is 0.165 e. The molecule has 0 N–H and O–H groups in total. The Labute approximate surface area is 256 Å². The van der Waals surface area contributed by atoms with Gasteiger partial charge in [0.1, 0.15) is 0 Å². The monoisotopic (exact) mass is 565 g/mol. The lowest BCUT2D eigenvalue weighted by Gasteiger charge is -2.13. The fraction of sp³-hybridized carbons (Fsp3) is 0.0513. The van der Waals surface area contributed by atoms with E-state index in [1.54, 1.807) is 0 Å². The van der Waals surface area contributed by atoms with Gasteiger partial charge in [-0.25, -0.2) is 15.0 Å². The van der Waals surface area contributed by atoms with E-state index in [9.17, 15) is 5.26 Å². The number of nitriles is 1. The van der Waals surface area contributed by atoms with Crippen LogP contribution in [-0.4, -0.2) is 19.9 Å². The molecule has 0 bridgehead atoms. The molecule has 0 aliphatic carbocycles. The van der Waals surface area contributed by atoms with Crippen LogP contribution in [0.5, 0.6) is 0 Å². The van der Waals surface area contributed by atoms with Gasteiger partial charge in [0.05, 0.1) is 11.6 Å². The maximum Gasteiger partial charge on any atom is 0.165 e. The van der Waals surface area contributed by atoms with E-state index in [1.807, 2.05) is 80.6 Å². The number of hydrogen-bond acceptors (Lipinski definition) is 5. The van der Waals surface area contributed by atoms with Crippen LogP contribution < -0.4 is 0 Å².